The van der Waals surface area contributed by atoms with Gasteiger partial charge in [-0.05, 0) is 47.6 Å². The Morgan fingerprint density at radius 3 is 2.28 bits per heavy atom. The first-order valence-corrected chi connectivity index (χ1v) is 6.96. The van der Waals surface area contributed by atoms with Crippen molar-refractivity contribution in [2.45, 2.75) is 53.9 Å². The van der Waals surface area contributed by atoms with E-state index in [4.69, 9.17) is 0 Å². The van der Waals surface area contributed by atoms with Crippen molar-refractivity contribution in [3.05, 3.63) is 29.3 Å². The number of benzene rings is 1. The van der Waals surface area contributed by atoms with Crippen LogP contribution in [0.15, 0.2) is 18.2 Å². The first kappa shape index (κ1) is 13.5. The summed E-state index contributed by atoms with van der Waals surface area (Å²) in [5.41, 5.74) is 2.89. The summed E-state index contributed by atoms with van der Waals surface area (Å²) in [7, 11) is 0. The van der Waals surface area contributed by atoms with E-state index in [0.717, 1.165) is 5.56 Å². The number of phenolic OH excluding ortho intramolecular Hbond substituents is 1. The van der Waals surface area contributed by atoms with Crippen molar-refractivity contribution in [3.8, 4) is 5.75 Å². The molecule has 1 aromatic carbocycles. The van der Waals surface area contributed by atoms with E-state index in [1.807, 2.05) is 12.1 Å². The third-order valence-corrected chi connectivity index (χ3v) is 5.44. The molecule has 0 saturated heterocycles. The molecule has 1 aliphatic carbocycles. The Labute approximate surface area is 111 Å². The summed E-state index contributed by atoms with van der Waals surface area (Å²) in [6, 6.07) is 6.00. The molecule has 18 heavy (non-hydrogen) atoms. The fraction of sp³-hybridized carbons (Fsp3) is 0.647. The highest BCUT2D eigenvalue weighted by atomic mass is 16.3. The summed E-state index contributed by atoms with van der Waals surface area (Å²) in [5.74, 6) is 1.51. The van der Waals surface area contributed by atoms with Gasteiger partial charge in [0.2, 0.25) is 0 Å². The van der Waals surface area contributed by atoms with Crippen LogP contribution in [-0.4, -0.2) is 5.11 Å². The number of rotatable bonds is 1. The quantitative estimate of drug-likeness (QED) is 0.749. The number of hydrogen-bond acceptors (Lipinski definition) is 1. The molecule has 1 heteroatoms. The SMILES string of the molecule is Cc1ccc(O)c(C2C(C)CC(C)(C)C2(C)C)c1. The van der Waals surface area contributed by atoms with E-state index < -0.39 is 0 Å². The Morgan fingerprint density at radius 1 is 1.17 bits per heavy atom. The Morgan fingerprint density at radius 2 is 1.78 bits per heavy atom. The zero-order valence-corrected chi connectivity index (χ0v) is 12.5. The molecular formula is C17H26O. The van der Waals surface area contributed by atoms with Crippen LogP contribution in [0.1, 0.15) is 58.1 Å². The molecule has 2 unspecified atom stereocenters. The van der Waals surface area contributed by atoms with Crippen LogP contribution < -0.4 is 0 Å². The average molecular weight is 246 g/mol. The lowest BCUT2D eigenvalue weighted by Gasteiger charge is -2.40. The first-order chi connectivity index (χ1) is 8.17. The monoisotopic (exact) mass is 246 g/mol. The third kappa shape index (κ3) is 1.84. The molecule has 1 fully saturated rings. The maximum absolute atomic E-state index is 10.2. The molecule has 1 saturated carbocycles. The summed E-state index contributed by atoms with van der Waals surface area (Å²) < 4.78 is 0. The van der Waals surface area contributed by atoms with E-state index in [2.05, 4.69) is 47.6 Å². The van der Waals surface area contributed by atoms with Gasteiger partial charge < -0.3 is 5.11 Å². The van der Waals surface area contributed by atoms with Crippen LogP contribution in [0.5, 0.6) is 5.75 Å². The van der Waals surface area contributed by atoms with Gasteiger partial charge in [-0.2, -0.15) is 0 Å². The van der Waals surface area contributed by atoms with Crippen molar-refractivity contribution in [2.75, 3.05) is 0 Å². The largest absolute Gasteiger partial charge is 0.508 e. The molecule has 0 aliphatic heterocycles. The van der Waals surface area contributed by atoms with Gasteiger partial charge in [0.1, 0.15) is 5.75 Å². The van der Waals surface area contributed by atoms with E-state index in [-0.39, 0.29) is 5.41 Å². The van der Waals surface area contributed by atoms with Crippen LogP contribution in [0.25, 0.3) is 0 Å². The van der Waals surface area contributed by atoms with Gasteiger partial charge >= 0.3 is 0 Å². The van der Waals surface area contributed by atoms with Crippen LogP contribution in [0.4, 0.5) is 0 Å². The Hall–Kier alpha value is -0.980. The maximum Gasteiger partial charge on any atom is 0.119 e. The van der Waals surface area contributed by atoms with Crippen LogP contribution in [-0.2, 0) is 0 Å². The van der Waals surface area contributed by atoms with Crippen molar-refractivity contribution < 1.29 is 5.11 Å². The summed E-state index contributed by atoms with van der Waals surface area (Å²) in [4.78, 5) is 0. The van der Waals surface area contributed by atoms with E-state index in [9.17, 15) is 5.11 Å². The predicted octanol–water partition coefficient (Wildman–Crippen LogP) is 4.88. The van der Waals surface area contributed by atoms with Gasteiger partial charge in [0, 0.05) is 0 Å². The van der Waals surface area contributed by atoms with Gasteiger partial charge in [-0.3, -0.25) is 0 Å². The van der Waals surface area contributed by atoms with Crippen molar-refractivity contribution in [1.29, 1.82) is 0 Å². The summed E-state index contributed by atoms with van der Waals surface area (Å²) in [6.45, 7) is 13.8. The molecule has 2 rings (SSSR count). The normalized spacial score (nSPS) is 29.4. The molecule has 100 valence electrons. The van der Waals surface area contributed by atoms with Gasteiger partial charge in [0.15, 0.2) is 0 Å². The molecular weight excluding hydrogens is 220 g/mol. The van der Waals surface area contributed by atoms with Crippen molar-refractivity contribution in [2.24, 2.45) is 16.7 Å². The second-order valence-electron chi connectivity index (χ2n) is 7.33. The van der Waals surface area contributed by atoms with Gasteiger partial charge in [-0.15, -0.1) is 0 Å². The lowest BCUT2D eigenvalue weighted by atomic mass is 9.65. The van der Waals surface area contributed by atoms with Gasteiger partial charge in [-0.1, -0.05) is 52.3 Å². The number of phenols is 1. The van der Waals surface area contributed by atoms with E-state index in [1.165, 1.54) is 12.0 Å². The molecule has 0 aromatic heterocycles. The molecule has 0 heterocycles. The lowest BCUT2D eigenvalue weighted by Crippen LogP contribution is -2.31. The fourth-order valence-corrected chi connectivity index (χ4v) is 3.94. The smallest absolute Gasteiger partial charge is 0.119 e. The van der Waals surface area contributed by atoms with Gasteiger partial charge in [-0.25, -0.2) is 0 Å². The minimum absolute atomic E-state index is 0.206. The van der Waals surface area contributed by atoms with Crippen LogP contribution in [0, 0.1) is 23.7 Å². The zero-order valence-electron chi connectivity index (χ0n) is 12.5. The second-order valence-corrected chi connectivity index (χ2v) is 7.33. The molecule has 1 aromatic rings. The molecule has 0 radical (unpaired) electrons. The molecule has 0 amide bonds. The Balaban J connectivity index is 2.53. The molecule has 1 nitrogen and oxygen atoms in total. The second kappa shape index (κ2) is 4.01. The standard InChI is InChI=1S/C17H26O/c1-11-7-8-14(18)13(9-11)15-12(2)10-16(3,4)17(15,5)6/h7-9,12,15,18H,10H2,1-6H3. The van der Waals surface area contributed by atoms with Crippen molar-refractivity contribution in [1.82, 2.24) is 0 Å². The van der Waals surface area contributed by atoms with Gasteiger partial charge in [0.25, 0.3) is 0 Å². The number of aromatic hydroxyl groups is 1. The van der Waals surface area contributed by atoms with E-state index >= 15 is 0 Å². The number of aryl methyl sites for hydroxylation is 1. The molecule has 0 bridgehead atoms. The number of hydrogen-bond donors (Lipinski definition) is 1. The maximum atomic E-state index is 10.2. The fourth-order valence-electron chi connectivity index (χ4n) is 3.94. The summed E-state index contributed by atoms with van der Waals surface area (Å²) >= 11 is 0. The highest BCUT2D eigenvalue weighted by Crippen LogP contribution is 2.63. The third-order valence-electron chi connectivity index (χ3n) is 5.44. The first-order valence-electron chi connectivity index (χ1n) is 6.96. The summed E-state index contributed by atoms with van der Waals surface area (Å²) in [5, 5.41) is 10.2. The van der Waals surface area contributed by atoms with Crippen molar-refractivity contribution in [3.63, 3.8) is 0 Å². The molecule has 1 N–H and O–H groups in total. The average Bonchev–Trinajstić information content (AvgIpc) is 2.37. The van der Waals surface area contributed by atoms with Crippen LogP contribution in [0.3, 0.4) is 0 Å². The summed E-state index contributed by atoms with van der Waals surface area (Å²) in [6.07, 6.45) is 1.22. The van der Waals surface area contributed by atoms with Crippen LogP contribution >= 0.6 is 0 Å². The van der Waals surface area contributed by atoms with Gasteiger partial charge in [0.05, 0.1) is 0 Å². The Kier molecular flexibility index (Phi) is 3.00. The highest BCUT2D eigenvalue weighted by molar-refractivity contribution is 5.41. The van der Waals surface area contributed by atoms with Crippen molar-refractivity contribution >= 4 is 0 Å². The minimum atomic E-state index is 0.206. The molecule has 1 aliphatic rings. The van der Waals surface area contributed by atoms with E-state index in [0.29, 0.717) is 23.0 Å². The highest BCUT2D eigenvalue weighted by Gasteiger charge is 2.53. The Bertz CT molecular complexity index is 457. The topological polar surface area (TPSA) is 20.2 Å². The lowest BCUT2D eigenvalue weighted by molar-refractivity contribution is 0.136. The van der Waals surface area contributed by atoms with Crippen LogP contribution in [0.2, 0.25) is 0 Å². The molecule has 2 atom stereocenters. The minimum Gasteiger partial charge on any atom is -0.508 e. The zero-order chi connectivity index (χ0) is 13.7. The molecule has 0 spiro atoms. The van der Waals surface area contributed by atoms with E-state index in [1.54, 1.807) is 0 Å². The predicted molar refractivity (Wildman–Crippen MR) is 76.9 cm³/mol.